The van der Waals surface area contributed by atoms with Crippen LogP contribution in [0.4, 0.5) is 0 Å². The normalized spacial score (nSPS) is 19.6. The summed E-state index contributed by atoms with van der Waals surface area (Å²) in [5.74, 6) is 0.728. The Bertz CT molecular complexity index is 399. The number of nitrogens with one attached hydrogen (secondary N) is 1. The minimum absolute atomic E-state index is 0.553. The summed E-state index contributed by atoms with van der Waals surface area (Å²) in [5, 5.41) is 3.53. The lowest BCUT2D eigenvalue weighted by atomic mass is 9.83. The van der Waals surface area contributed by atoms with Gasteiger partial charge in [-0.05, 0) is 55.9 Å². The van der Waals surface area contributed by atoms with Crippen molar-refractivity contribution in [2.45, 2.75) is 53.6 Å². The van der Waals surface area contributed by atoms with E-state index in [1.807, 2.05) is 11.3 Å². The maximum absolute atomic E-state index is 3.53. The van der Waals surface area contributed by atoms with E-state index in [0.717, 1.165) is 25.6 Å². The summed E-state index contributed by atoms with van der Waals surface area (Å²) < 4.78 is 0. The van der Waals surface area contributed by atoms with Crippen LogP contribution in [0.1, 0.15) is 50.3 Å². The van der Waals surface area contributed by atoms with Gasteiger partial charge in [-0.25, -0.2) is 0 Å². The van der Waals surface area contributed by atoms with Crippen LogP contribution in [-0.4, -0.2) is 24.5 Å². The van der Waals surface area contributed by atoms with Crippen LogP contribution in [0.3, 0.4) is 0 Å². The van der Waals surface area contributed by atoms with Crippen molar-refractivity contribution in [3.8, 4) is 0 Å². The van der Waals surface area contributed by atoms with Crippen LogP contribution >= 0.6 is 11.3 Å². The van der Waals surface area contributed by atoms with Crippen molar-refractivity contribution in [2.75, 3.05) is 19.6 Å². The molecule has 2 heterocycles. The third kappa shape index (κ3) is 5.19. The lowest BCUT2D eigenvalue weighted by molar-refractivity contribution is 0.128. The van der Waals surface area contributed by atoms with Crippen LogP contribution in [-0.2, 0) is 13.1 Å². The first-order valence-corrected chi connectivity index (χ1v) is 8.77. The monoisotopic (exact) mass is 294 g/mol. The molecule has 1 aromatic rings. The topological polar surface area (TPSA) is 15.3 Å². The van der Waals surface area contributed by atoms with Crippen molar-refractivity contribution >= 4 is 11.3 Å². The fraction of sp³-hybridized carbons (Fsp3) is 0.765. The van der Waals surface area contributed by atoms with Crippen LogP contribution in [0, 0.1) is 11.3 Å². The molecule has 2 nitrogen and oxygen atoms in total. The molecule has 1 saturated heterocycles. The molecule has 1 fully saturated rings. The van der Waals surface area contributed by atoms with Crippen molar-refractivity contribution in [3.05, 3.63) is 21.9 Å². The quantitative estimate of drug-likeness (QED) is 0.849. The first-order valence-electron chi connectivity index (χ1n) is 7.95. The smallest absolute Gasteiger partial charge is 0.0328 e. The predicted molar refractivity (Wildman–Crippen MR) is 89.2 cm³/mol. The van der Waals surface area contributed by atoms with E-state index >= 15 is 0 Å². The molecule has 0 radical (unpaired) electrons. The Morgan fingerprint density at radius 1 is 1.20 bits per heavy atom. The summed E-state index contributed by atoms with van der Waals surface area (Å²) in [6.07, 6.45) is 2.67. The maximum atomic E-state index is 3.53. The Morgan fingerprint density at radius 3 is 2.50 bits per heavy atom. The number of hydrogen-bond acceptors (Lipinski definition) is 3. The Balaban J connectivity index is 1.75. The minimum atomic E-state index is 0.553. The molecule has 2 rings (SSSR count). The largest absolute Gasteiger partial charge is 0.312 e. The van der Waals surface area contributed by atoms with Crippen molar-refractivity contribution < 1.29 is 0 Å². The van der Waals surface area contributed by atoms with Crippen LogP contribution in [0.25, 0.3) is 0 Å². The van der Waals surface area contributed by atoms with Crippen molar-refractivity contribution in [3.63, 3.8) is 0 Å². The average molecular weight is 295 g/mol. The lowest BCUT2D eigenvalue weighted by Gasteiger charge is -2.36. The summed E-state index contributed by atoms with van der Waals surface area (Å²) in [5.41, 5.74) is 0.553. The van der Waals surface area contributed by atoms with E-state index in [0.29, 0.717) is 5.41 Å². The molecule has 0 aromatic carbocycles. The molecule has 3 heteroatoms. The van der Waals surface area contributed by atoms with Gasteiger partial charge in [0.05, 0.1) is 0 Å². The van der Waals surface area contributed by atoms with Crippen LogP contribution in [0.5, 0.6) is 0 Å². The molecular formula is C17H30N2S. The van der Waals surface area contributed by atoms with Crippen LogP contribution < -0.4 is 5.32 Å². The average Bonchev–Trinajstić information content (AvgIpc) is 2.79. The Labute approximate surface area is 128 Å². The maximum Gasteiger partial charge on any atom is 0.0328 e. The summed E-state index contributed by atoms with van der Waals surface area (Å²) in [4.78, 5) is 5.60. The van der Waals surface area contributed by atoms with Gasteiger partial charge in [0.2, 0.25) is 0 Å². The van der Waals surface area contributed by atoms with Crippen molar-refractivity contribution in [1.29, 1.82) is 0 Å². The second-order valence-electron chi connectivity index (χ2n) is 7.33. The number of hydrogen-bond donors (Lipinski definition) is 1. The second-order valence-corrected chi connectivity index (χ2v) is 8.59. The van der Waals surface area contributed by atoms with Gasteiger partial charge in [-0.3, -0.25) is 4.90 Å². The molecule has 114 valence electrons. The van der Waals surface area contributed by atoms with E-state index in [9.17, 15) is 0 Å². The van der Waals surface area contributed by atoms with Crippen LogP contribution in [0.15, 0.2) is 12.1 Å². The highest BCUT2D eigenvalue weighted by molar-refractivity contribution is 7.11. The Kier molecular flexibility index (Phi) is 5.65. The van der Waals surface area contributed by atoms with Gasteiger partial charge in [-0.1, -0.05) is 27.7 Å². The highest BCUT2D eigenvalue weighted by Crippen LogP contribution is 2.31. The number of piperidine rings is 1. The molecular weight excluding hydrogens is 264 g/mol. The molecule has 0 atom stereocenters. The molecule has 0 amide bonds. The molecule has 1 aliphatic rings. The zero-order chi connectivity index (χ0) is 14.6. The first-order chi connectivity index (χ1) is 9.44. The number of rotatable bonds is 6. The molecule has 0 spiro atoms. The highest BCUT2D eigenvalue weighted by Gasteiger charge is 2.25. The molecule has 0 aliphatic carbocycles. The third-order valence-electron chi connectivity index (χ3n) is 4.16. The fourth-order valence-corrected chi connectivity index (χ4v) is 3.65. The van der Waals surface area contributed by atoms with Gasteiger partial charge < -0.3 is 5.32 Å². The summed E-state index contributed by atoms with van der Waals surface area (Å²) in [7, 11) is 0. The van der Waals surface area contributed by atoms with Gasteiger partial charge in [-0.2, -0.15) is 0 Å². The predicted octanol–water partition coefficient (Wildman–Crippen LogP) is 4.12. The molecule has 20 heavy (non-hydrogen) atoms. The zero-order valence-electron chi connectivity index (χ0n) is 13.5. The summed E-state index contributed by atoms with van der Waals surface area (Å²) >= 11 is 1.97. The minimum Gasteiger partial charge on any atom is -0.312 e. The van der Waals surface area contributed by atoms with Gasteiger partial charge in [-0.15, -0.1) is 11.3 Å². The van der Waals surface area contributed by atoms with Crippen LogP contribution in [0.2, 0.25) is 0 Å². The number of thiophene rings is 1. The van der Waals surface area contributed by atoms with Gasteiger partial charge in [0.1, 0.15) is 0 Å². The molecule has 0 saturated carbocycles. The molecule has 1 N–H and O–H groups in total. The first kappa shape index (κ1) is 16.0. The SMILES string of the molecule is CC(C)CNCc1ccc(CN2CCC(C)(C)CC2)s1. The highest BCUT2D eigenvalue weighted by atomic mass is 32.1. The second kappa shape index (κ2) is 7.06. The lowest BCUT2D eigenvalue weighted by Crippen LogP contribution is -2.36. The van der Waals surface area contributed by atoms with Gasteiger partial charge in [0.15, 0.2) is 0 Å². The van der Waals surface area contributed by atoms with Crippen molar-refractivity contribution in [2.24, 2.45) is 11.3 Å². The third-order valence-corrected chi connectivity index (χ3v) is 5.23. The van der Waals surface area contributed by atoms with E-state index in [-0.39, 0.29) is 0 Å². The Hall–Kier alpha value is -0.380. The van der Waals surface area contributed by atoms with E-state index in [1.165, 1.54) is 35.7 Å². The van der Waals surface area contributed by atoms with Crippen molar-refractivity contribution in [1.82, 2.24) is 10.2 Å². The van der Waals surface area contributed by atoms with E-state index in [2.05, 4.69) is 50.0 Å². The number of likely N-dealkylation sites (tertiary alicyclic amines) is 1. The summed E-state index contributed by atoms with van der Waals surface area (Å²) in [6, 6.07) is 4.61. The molecule has 1 aliphatic heterocycles. The fourth-order valence-electron chi connectivity index (χ4n) is 2.62. The van der Waals surface area contributed by atoms with E-state index < -0.39 is 0 Å². The van der Waals surface area contributed by atoms with E-state index in [1.54, 1.807) is 0 Å². The summed E-state index contributed by atoms with van der Waals surface area (Å²) in [6.45, 7) is 15.1. The standard InChI is InChI=1S/C17H30N2S/c1-14(2)11-18-12-15-5-6-16(20-15)13-19-9-7-17(3,4)8-10-19/h5-6,14,18H,7-13H2,1-4H3. The zero-order valence-corrected chi connectivity index (χ0v) is 14.4. The Morgan fingerprint density at radius 2 is 1.85 bits per heavy atom. The molecule has 1 aromatic heterocycles. The van der Waals surface area contributed by atoms with E-state index in [4.69, 9.17) is 0 Å². The molecule has 0 unspecified atom stereocenters. The number of nitrogens with zero attached hydrogens (tertiary/aromatic N) is 1. The van der Waals surface area contributed by atoms with Gasteiger partial charge in [0.25, 0.3) is 0 Å². The molecule has 0 bridgehead atoms. The van der Waals surface area contributed by atoms with Gasteiger partial charge in [0, 0.05) is 22.8 Å². The van der Waals surface area contributed by atoms with Gasteiger partial charge >= 0.3 is 0 Å².